The molecular weight excluding hydrogens is 312 g/mol. The third-order valence-electron chi connectivity index (χ3n) is 3.67. The summed E-state index contributed by atoms with van der Waals surface area (Å²) in [5, 5.41) is 9.86. The van der Waals surface area contributed by atoms with Crippen LogP contribution in [0.25, 0.3) is 12.2 Å². The van der Waals surface area contributed by atoms with Crippen LogP contribution in [0.15, 0.2) is 24.3 Å². The Morgan fingerprint density at radius 2 is 1.67 bits per heavy atom. The predicted octanol–water partition coefficient (Wildman–Crippen LogP) is 3.32. The van der Waals surface area contributed by atoms with E-state index in [-0.39, 0.29) is 12.5 Å². The van der Waals surface area contributed by atoms with E-state index >= 15 is 0 Å². The number of phenols is 1. The maximum absolute atomic E-state index is 9.86. The topological polar surface area (TPSA) is 66.4 Å². The first kappa shape index (κ1) is 15.9. The Kier molecular flexibility index (Phi) is 4.37. The highest BCUT2D eigenvalue weighted by Crippen LogP contribution is 2.49. The van der Waals surface area contributed by atoms with Gasteiger partial charge in [0.1, 0.15) is 0 Å². The van der Waals surface area contributed by atoms with Crippen LogP contribution < -0.4 is 23.7 Å². The van der Waals surface area contributed by atoms with Crippen LogP contribution in [0.2, 0.25) is 0 Å². The monoisotopic (exact) mass is 330 g/mol. The lowest BCUT2D eigenvalue weighted by atomic mass is 10.1. The molecule has 0 atom stereocenters. The average molecular weight is 330 g/mol. The third-order valence-corrected chi connectivity index (χ3v) is 3.67. The van der Waals surface area contributed by atoms with Crippen LogP contribution in [0.5, 0.6) is 34.5 Å². The van der Waals surface area contributed by atoms with E-state index in [9.17, 15) is 5.11 Å². The van der Waals surface area contributed by atoms with E-state index in [1.54, 1.807) is 26.4 Å². The average Bonchev–Trinajstić information content (AvgIpc) is 3.08. The Labute approximate surface area is 139 Å². The van der Waals surface area contributed by atoms with Crippen molar-refractivity contribution in [3.05, 3.63) is 35.4 Å². The molecule has 0 aromatic heterocycles. The van der Waals surface area contributed by atoms with Gasteiger partial charge in [-0.2, -0.15) is 0 Å². The molecule has 0 aliphatic carbocycles. The number of hydrogen-bond donors (Lipinski definition) is 1. The molecular formula is C18H18O6. The van der Waals surface area contributed by atoms with Gasteiger partial charge in [-0.05, 0) is 23.8 Å². The van der Waals surface area contributed by atoms with Gasteiger partial charge in [0.15, 0.2) is 23.0 Å². The van der Waals surface area contributed by atoms with E-state index < -0.39 is 0 Å². The zero-order valence-corrected chi connectivity index (χ0v) is 13.7. The van der Waals surface area contributed by atoms with Crippen molar-refractivity contribution in [1.82, 2.24) is 0 Å². The van der Waals surface area contributed by atoms with Gasteiger partial charge in [0.25, 0.3) is 0 Å². The fourth-order valence-corrected chi connectivity index (χ4v) is 2.52. The summed E-state index contributed by atoms with van der Waals surface area (Å²) in [5.41, 5.74) is 1.58. The Balaban J connectivity index is 1.99. The molecule has 2 aromatic rings. The van der Waals surface area contributed by atoms with Crippen molar-refractivity contribution in [1.29, 1.82) is 0 Å². The molecule has 0 unspecified atom stereocenters. The van der Waals surface area contributed by atoms with Gasteiger partial charge in [0.2, 0.25) is 18.3 Å². The number of methoxy groups -OCH3 is 3. The summed E-state index contributed by atoms with van der Waals surface area (Å²) in [7, 11) is 4.65. The van der Waals surface area contributed by atoms with E-state index in [4.69, 9.17) is 23.7 Å². The third kappa shape index (κ3) is 2.78. The number of benzene rings is 2. The van der Waals surface area contributed by atoms with Gasteiger partial charge >= 0.3 is 0 Å². The van der Waals surface area contributed by atoms with Crippen LogP contribution >= 0.6 is 0 Å². The fraction of sp³-hybridized carbons (Fsp3) is 0.222. The molecule has 24 heavy (non-hydrogen) atoms. The molecule has 6 nitrogen and oxygen atoms in total. The lowest BCUT2D eigenvalue weighted by Gasteiger charge is -2.11. The molecule has 0 amide bonds. The Bertz CT molecular complexity index is 782. The molecule has 1 N–H and O–H groups in total. The first-order valence-electron chi connectivity index (χ1n) is 7.27. The quantitative estimate of drug-likeness (QED) is 0.849. The number of ether oxygens (including phenoxy) is 5. The van der Waals surface area contributed by atoms with Crippen LogP contribution in [-0.4, -0.2) is 33.2 Å². The molecule has 3 rings (SSSR count). The highest BCUT2D eigenvalue weighted by Gasteiger charge is 2.26. The van der Waals surface area contributed by atoms with E-state index in [1.807, 2.05) is 24.3 Å². The number of hydrogen-bond acceptors (Lipinski definition) is 6. The van der Waals surface area contributed by atoms with Crippen molar-refractivity contribution in [2.24, 2.45) is 0 Å². The van der Waals surface area contributed by atoms with Gasteiger partial charge in [-0.3, -0.25) is 0 Å². The summed E-state index contributed by atoms with van der Waals surface area (Å²) >= 11 is 0. The van der Waals surface area contributed by atoms with Gasteiger partial charge in [0, 0.05) is 5.56 Å². The minimum absolute atomic E-state index is 0.0786. The molecule has 126 valence electrons. The summed E-state index contributed by atoms with van der Waals surface area (Å²) < 4.78 is 26.8. The van der Waals surface area contributed by atoms with E-state index in [0.717, 1.165) is 11.1 Å². The second-order valence-electron chi connectivity index (χ2n) is 5.03. The highest BCUT2D eigenvalue weighted by molar-refractivity contribution is 5.78. The standard InChI is InChI=1S/C18H18O6/c1-20-14-7-5-11(8-13(14)19)4-6-12-9-15(21-2)17-18(16(12)22-3)24-10-23-17/h4-9,19H,10H2,1-3H3/b6-4-. The Morgan fingerprint density at radius 3 is 2.33 bits per heavy atom. The maximum atomic E-state index is 9.86. The number of fused-ring (bicyclic) bond motifs is 1. The smallest absolute Gasteiger partial charge is 0.231 e. The molecule has 0 saturated carbocycles. The Hall–Kier alpha value is -3.02. The molecule has 0 bridgehead atoms. The lowest BCUT2D eigenvalue weighted by molar-refractivity contribution is 0.168. The molecule has 1 aliphatic heterocycles. The minimum atomic E-state index is 0.0786. The first-order valence-corrected chi connectivity index (χ1v) is 7.27. The first-order chi connectivity index (χ1) is 11.7. The Morgan fingerprint density at radius 1 is 0.917 bits per heavy atom. The fourth-order valence-electron chi connectivity index (χ4n) is 2.52. The van der Waals surface area contributed by atoms with Crippen molar-refractivity contribution < 1.29 is 28.8 Å². The summed E-state index contributed by atoms with van der Waals surface area (Å²) in [4.78, 5) is 0. The largest absolute Gasteiger partial charge is 0.504 e. The van der Waals surface area contributed by atoms with Gasteiger partial charge in [-0.15, -0.1) is 0 Å². The van der Waals surface area contributed by atoms with Crippen molar-refractivity contribution in [3.8, 4) is 34.5 Å². The zero-order chi connectivity index (χ0) is 17.1. The van der Waals surface area contributed by atoms with Crippen LogP contribution in [0.4, 0.5) is 0 Å². The highest BCUT2D eigenvalue weighted by atomic mass is 16.7. The van der Waals surface area contributed by atoms with Gasteiger partial charge in [-0.25, -0.2) is 0 Å². The molecule has 0 fully saturated rings. The molecule has 0 saturated heterocycles. The molecule has 2 aromatic carbocycles. The summed E-state index contributed by atoms with van der Waals surface area (Å²) in [6.07, 6.45) is 3.70. The molecule has 0 radical (unpaired) electrons. The second kappa shape index (κ2) is 6.62. The van der Waals surface area contributed by atoms with Crippen molar-refractivity contribution in [3.63, 3.8) is 0 Å². The van der Waals surface area contributed by atoms with Crippen LogP contribution in [0.1, 0.15) is 11.1 Å². The number of aromatic hydroxyl groups is 1. The summed E-state index contributed by atoms with van der Waals surface area (Å²) in [6.45, 7) is 0.127. The minimum Gasteiger partial charge on any atom is -0.504 e. The molecule has 0 spiro atoms. The molecule has 1 heterocycles. The normalized spacial score (nSPS) is 12.5. The van der Waals surface area contributed by atoms with Crippen molar-refractivity contribution in [2.45, 2.75) is 0 Å². The van der Waals surface area contributed by atoms with E-state index in [1.165, 1.54) is 7.11 Å². The van der Waals surface area contributed by atoms with Crippen LogP contribution in [0.3, 0.4) is 0 Å². The van der Waals surface area contributed by atoms with Gasteiger partial charge in [0.05, 0.1) is 21.3 Å². The molecule has 6 heteroatoms. The summed E-state index contributed by atoms with van der Waals surface area (Å²) in [6, 6.07) is 6.97. The zero-order valence-electron chi connectivity index (χ0n) is 13.7. The lowest BCUT2D eigenvalue weighted by Crippen LogP contribution is -1.94. The van der Waals surface area contributed by atoms with Gasteiger partial charge < -0.3 is 28.8 Å². The number of phenolic OH excluding ortho intramolecular Hbond substituents is 1. The van der Waals surface area contributed by atoms with Crippen molar-refractivity contribution >= 4 is 12.2 Å². The van der Waals surface area contributed by atoms with Crippen molar-refractivity contribution in [2.75, 3.05) is 28.1 Å². The number of rotatable bonds is 5. The maximum Gasteiger partial charge on any atom is 0.231 e. The van der Waals surface area contributed by atoms with E-state index in [0.29, 0.717) is 28.7 Å². The SMILES string of the molecule is COc1ccc(/C=C\c2cc(OC)c3c(c2OC)OCO3)cc1O. The predicted molar refractivity (Wildman–Crippen MR) is 89.3 cm³/mol. The second-order valence-corrected chi connectivity index (χ2v) is 5.03. The van der Waals surface area contributed by atoms with Gasteiger partial charge in [-0.1, -0.05) is 18.2 Å². The summed E-state index contributed by atoms with van der Waals surface area (Å²) in [5.74, 6) is 2.70. The molecule has 1 aliphatic rings. The van der Waals surface area contributed by atoms with Crippen LogP contribution in [0, 0.1) is 0 Å². The van der Waals surface area contributed by atoms with Crippen LogP contribution in [-0.2, 0) is 0 Å². The van der Waals surface area contributed by atoms with E-state index in [2.05, 4.69) is 0 Å².